The summed E-state index contributed by atoms with van der Waals surface area (Å²) in [5.41, 5.74) is 0. The lowest BCUT2D eigenvalue weighted by Crippen LogP contribution is -2.30. The number of aliphatic hydroxyl groups excluding tert-OH is 1. The zero-order chi connectivity index (χ0) is 56.9. The molecule has 0 rings (SSSR count). The molecule has 0 aromatic heterocycles. The molecule has 0 amide bonds. The van der Waals surface area contributed by atoms with E-state index in [1.807, 2.05) is 0 Å². The van der Waals surface area contributed by atoms with E-state index in [0.29, 0.717) is 19.3 Å². The van der Waals surface area contributed by atoms with E-state index in [2.05, 4.69) is 106 Å². The maximum absolute atomic E-state index is 12.9. The van der Waals surface area contributed by atoms with Crippen LogP contribution in [-0.4, -0.2) is 66.5 Å². The highest BCUT2D eigenvalue weighted by molar-refractivity contribution is 7.47. The van der Waals surface area contributed by atoms with Crippen molar-refractivity contribution in [1.82, 2.24) is 0 Å². The number of carbonyl (C=O) groups is 3. The van der Waals surface area contributed by atoms with Gasteiger partial charge in [-0.3, -0.25) is 23.4 Å². The Labute approximate surface area is 477 Å². The number of unbranched alkanes of at least 4 members (excludes halogenated alkanes) is 27. The van der Waals surface area contributed by atoms with Crippen LogP contribution in [0.4, 0.5) is 0 Å². The van der Waals surface area contributed by atoms with Crippen LogP contribution in [0.1, 0.15) is 278 Å². The van der Waals surface area contributed by atoms with Crippen molar-refractivity contribution in [3.8, 4) is 0 Å². The predicted octanol–water partition coefficient (Wildman–Crippen LogP) is 19.0. The fraction of sp³-hybridized carbons (Fsp3) is 0.742. The second-order valence-corrected chi connectivity index (χ2v) is 22.3. The van der Waals surface area contributed by atoms with Crippen LogP contribution < -0.4 is 0 Å². The van der Waals surface area contributed by atoms with Crippen LogP contribution >= 0.6 is 7.82 Å². The van der Waals surface area contributed by atoms with Gasteiger partial charge in [0.05, 0.1) is 19.8 Å². The summed E-state index contributed by atoms with van der Waals surface area (Å²) in [6.07, 6.45) is 69.6. The van der Waals surface area contributed by atoms with Crippen molar-refractivity contribution >= 4 is 25.7 Å². The van der Waals surface area contributed by atoms with Crippen molar-refractivity contribution in [2.24, 2.45) is 0 Å². The molecule has 0 saturated heterocycles. The average molecular weight is 1120 g/mol. The second-order valence-electron chi connectivity index (χ2n) is 20.8. The van der Waals surface area contributed by atoms with E-state index >= 15 is 0 Å². The van der Waals surface area contributed by atoms with E-state index in [4.69, 9.17) is 23.3 Å². The lowest BCUT2D eigenvalue weighted by atomic mass is 10.0. The minimum atomic E-state index is -4.76. The summed E-state index contributed by atoms with van der Waals surface area (Å²) >= 11 is 0. The van der Waals surface area contributed by atoms with Crippen LogP contribution in [0.15, 0.2) is 85.1 Å². The molecule has 2 N–H and O–H groups in total. The van der Waals surface area contributed by atoms with Crippen molar-refractivity contribution < 1.29 is 52.2 Å². The topological polar surface area (TPSA) is 155 Å². The minimum Gasteiger partial charge on any atom is -0.462 e. The predicted molar refractivity (Wildman–Crippen MR) is 325 cm³/mol. The summed E-state index contributed by atoms with van der Waals surface area (Å²) in [5.74, 6) is -1.50. The number of ether oxygens (including phenoxy) is 3. The van der Waals surface area contributed by atoms with Crippen molar-refractivity contribution in [3.05, 3.63) is 85.1 Å². The monoisotopic (exact) mass is 1110 g/mol. The Kier molecular flexibility index (Phi) is 57.2. The number of hydrogen-bond acceptors (Lipinski definition) is 10. The molecule has 0 spiro atoms. The molecule has 12 heteroatoms. The van der Waals surface area contributed by atoms with Crippen LogP contribution in [0.25, 0.3) is 0 Å². The first-order valence-electron chi connectivity index (χ1n) is 31.5. The van der Waals surface area contributed by atoms with Gasteiger partial charge in [-0.1, -0.05) is 247 Å². The minimum absolute atomic E-state index is 0.149. The van der Waals surface area contributed by atoms with Crippen LogP contribution in [0.3, 0.4) is 0 Å². The third-order valence-electron chi connectivity index (χ3n) is 13.3. The molecule has 0 saturated carbocycles. The van der Waals surface area contributed by atoms with E-state index < -0.39 is 57.8 Å². The lowest BCUT2D eigenvalue weighted by Gasteiger charge is -2.21. The number of carbonyl (C=O) groups excluding carboxylic acids is 3. The van der Waals surface area contributed by atoms with Gasteiger partial charge in [-0.05, 0) is 96.3 Å². The number of rotatable bonds is 58. The first-order valence-corrected chi connectivity index (χ1v) is 33.0. The molecule has 78 heavy (non-hydrogen) atoms. The van der Waals surface area contributed by atoms with Gasteiger partial charge in [0.1, 0.15) is 12.7 Å². The molecule has 0 aliphatic carbocycles. The van der Waals surface area contributed by atoms with Gasteiger partial charge in [0.15, 0.2) is 6.10 Å². The van der Waals surface area contributed by atoms with E-state index in [9.17, 15) is 28.9 Å². The number of phosphoric ester groups is 1. The summed E-state index contributed by atoms with van der Waals surface area (Å²) in [6.45, 7) is 4.49. The van der Waals surface area contributed by atoms with Crippen molar-refractivity contribution in [3.63, 3.8) is 0 Å². The molecule has 0 aliphatic rings. The maximum atomic E-state index is 12.9. The summed E-state index contributed by atoms with van der Waals surface area (Å²) in [7, 11) is -4.76. The Morgan fingerprint density at radius 2 is 0.667 bits per heavy atom. The molecule has 0 aromatic carbocycles. The Hall–Kier alpha value is -3.34. The van der Waals surface area contributed by atoms with Gasteiger partial charge in [0.2, 0.25) is 0 Å². The molecule has 0 aliphatic heterocycles. The maximum Gasteiger partial charge on any atom is 0.472 e. The summed E-state index contributed by atoms with van der Waals surface area (Å²) in [4.78, 5) is 48.7. The molecular formula is C66H115O11P. The Morgan fingerprint density at radius 1 is 0.372 bits per heavy atom. The van der Waals surface area contributed by atoms with Crippen LogP contribution in [0, 0.1) is 0 Å². The highest BCUT2D eigenvalue weighted by atomic mass is 31.2. The molecule has 450 valence electrons. The standard InChI is InChI=1S/C66H115O11P/c1-4-7-10-13-16-19-22-25-28-30-31-33-35-37-40-43-46-49-52-55-64(68)73-59-63(77-66(70)57-54-51-48-45-42-39-36-32-29-26-23-20-17-14-11-8-5-2)61-75-78(71,72)74-60-62(58-67)76-65(69)56-53-50-47-44-41-38-34-27-24-21-18-15-12-9-6-3/h7,10,16-17,19-20,25-26,28-29,31,33,37,40,62-63,67H,4-6,8-9,11-15,18,21-24,27,30,32,34-36,38-39,41-61H2,1-3H3,(H,71,72)/b10-7-,19-16-,20-17-,28-25-,29-26-,33-31-,40-37-. The molecule has 0 heterocycles. The van der Waals surface area contributed by atoms with Gasteiger partial charge in [-0.25, -0.2) is 4.57 Å². The largest absolute Gasteiger partial charge is 0.472 e. The van der Waals surface area contributed by atoms with Crippen molar-refractivity contribution in [2.75, 3.05) is 26.4 Å². The fourth-order valence-corrected chi connectivity index (χ4v) is 9.32. The Morgan fingerprint density at radius 3 is 1.06 bits per heavy atom. The normalized spacial score (nSPS) is 13.9. The van der Waals surface area contributed by atoms with Gasteiger partial charge in [0.25, 0.3) is 0 Å². The van der Waals surface area contributed by atoms with E-state index in [0.717, 1.165) is 109 Å². The highest BCUT2D eigenvalue weighted by Gasteiger charge is 2.28. The van der Waals surface area contributed by atoms with Crippen LogP contribution in [-0.2, 0) is 42.2 Å². The summed E-state index contributed by atoms with van der Waals surface area (Å²) < 4.78 is 39.6. The lowest BCUT2D eigenvalue weighted by molar-refractivity contribution is -0.161. The number of esters is 3. The van der Waals surface area contributed by atoms with Gasteiger partial charge in [0, 0.05) is 19.3 Å². The third-order valence-corrected chi connectivity index (χ3v) is 14.3. The van der Waals surface area contributed by atoms with Crippen LogP contribution in [0.5, 0.6) is 0 Å². The third kappa shape index (κ3) is 57.3. The Balaban J connectivity index is 4.77. The molecule has 0 radical (unpaired) electrons. The number of aliphatic hydroxyl groups is 1. The van der Waals surface area contributed by atoms with E-state index in [1.54, 1.807) is 0 Å². The fourth-order valence-electron chi connectivity index (χ4n) is 8.53. The molecule has 0 fully saturated rings. The van der Waals surface area contributed by atoms with Crippen LogP contribution in [0.2, 0.25) is 0 Å². The van der Waals surface area contributed by atoms with E-state index in [-0.39, 0.29) is 25.9 Å². The first kappa shape index (κ1) is 74.7. The zero-order valence-electron chi connectivity index (χ0n) is 49.9. The average Bonchev–Trinajstić information content (AvgIpc) is 3.43. The van der Waals surface area contributed by atoms with E-state index in [1.165, 1.54) is 109 Å². The SMILES string of the molecule is CC/C=C\C/C=C\C/C=C\C/C=C\C/C=C\CCCCCC(=O)OCC(COP(=O)(O)OCC(CO)OC(=O)CCCCCCCCCCCCCCCCC)OC(=O)CCCCCCCCC/C=C\C/C=C\CCCCC. The van der Waals surface area contributed by atoms with Crippen molar-refractivity contribution in [2.45, 2.75) is 290 Å². The van der Waals surface area contributed by atoms with Gasteiger partial charge >= 0.3 is 25.7 Å². The smallest absolute Gasteiger partial charge is 0.462 e. The second kappa shape index (κ2) is 59.8. The zero-order valence-corrected chi connectivity index (χ0v) is 50.8. The summed E-state index contributed by atoms with van der Waals surface area (Å²) in [5, 5.41) is 9.84. The molecule has 3 atom stereocenters. The van der Waals surface area contributed by atoms with Gasteiger partial charge in [-0.2, -0.15) is 0 Å². The van der Waals surface area contributed by atoms with Gasteiger partial charge < -0.3 is 24.2 Å². The number of hydrogen-bond donors (Lipinski definition) is 2. The molecule has 3 unspecified atom stereocenters. The highest BCUT2D eigenvalue weighted by Crippen LogP contribution is 2.43. The quantitative estimate of drug-likeness (QED) is 0.0197. The molecular weight excluding hydrogens is 1000 g/mol. The molecule has 11 nitrogen and oxygen atoms in total. The number of allylic oxidation sites excluding steroid dienone is 14. The molecule has 0 bridgehead atoms. The Bertz CT molecular complexity index is 1630. The first-order chi connectivity index (χ1) is 38.2. The number of phosphoric acid groups is 1. The van der Waals surface area contributed by atoms with Gasteiger partial charge in [-0.15, -0.1) is 0 Å². The van der Waals surface area contributed by atoms with Crippen molar-refractivity contribution in [1.29, 1.82) is 0 Å². The molecule has 0 aromatic rings. The summed E-state index contributed by atoms with van der Waals surface area (Å²) in [6, 6.07) is 0.